The van der Waals surface area contributed by atoms with Crippen LogP contribution in [0.3, 0.4) is 0 Å². The zero-order chi connectivity index (χ0) is 15.4. The first-order valence-electron chi connectivity index (χ1n) is 6.78. The zero-order valence-electron chi connectivity index (χ0n) is 12.7. The molecule has 118 valence electrons. The Kier molecular flexibility index (Phi) is 10.9. The lowest BCUT2D eigenvalue weighted by Gasteiger charge is -2.20. The van der Waals surface area contributed by atoms with Crippen molar-refractivity contribution in [2.45, 2.75) is 25.3 Å². The van der Waals surface area contributed by atoms with Gasteiger partial charge < -0.3 is 25.4 Å². The van der Waals surface area contributed by atoms with Gasteiger partial charge in [0.1, 0.15) is 0 Å². The number of nitrogens with zero attached hydrogens (tertiary/aromatic N) is 1. The summed E-state index contributed by atoms with van der Waals surface area (Å²) in [5, 5.41) is 2.72. The topological polar surface area (TPSA) is 93.9 Å². The Balaban J connectivity index is 3.90. The Morgan fingerprint density at radius 3 is 2.40 bits per heavy atom. The van der Waals surface area contributed by atoms with Gasteiger partial charge in [-0.3, -0.25) is 9.59 Å². The van der Waals surface area contributed by atoms with Crippen molar-refractivity contribution in [3.05, 3.63) is 0 Å². The van der Waals surface area contributed by atoms with Crippen LogP contribution < -0.4 is 11.1 Å². The molecule has 3 N–H and O–H groups in total. The van der Waals surface area contributed by atoms with E-state index in [4.69, 9.17) is 15.2 Å². The molecular weight excluding hydrogens is 262 g/mol. The van der Waals surface area contributed by atoms with Crippen molar-refractivity contribution < 1.29 is 19.1 Å². The molecule has 0 aliphatic heterocycles. The monoisotopic (exact) mass is 289 g/mol. The number of methoxy groups -OCH3 is 2. The van der Waals surface area contributed by atoms with Gasteiger partial charge in [-0.15, -0.1) is 0 Å². The summed E-state index contributed by atoms with van der Waals surface area (Å²) in [6.45, 7) is 1.72. The maximum Gasteiger partial charge on any atom is 0.239 e. The van der Waals surface area contributed by atoms with E-state index in [-0.39, 0.29) is 18.4 Å². The summed E-state index contributed by atoms with van der Waals surface area (Å²) in [6.07, 6.45) is 2.02. The molecule has 20 heavy (non-hydrogen) atoms. The van der Waals surface area contributed by atoms with Gasteiger partial charge >= 0.3 is 0 Å². The molecule has 0 aromatic heterocycles. The van der Waals surface area contributed by atoms with E-state index in [9.17, 15) is 9.59 Å². The second-order valence-electron chi connectivity index (χ2n) is 4.63. The highest BCUT2D eigenvalue weighted by molar-refractivity contribution is 5.87. The van der Waals surface area contributed by atoms with Crippen LogP contribution >= 0.6 is 0 Å². The Bertz CT molecular complexity index is 287. The third-order valence-electron chi connectivity index (χ3n) is 2.79. The number of hydrogen-bond acceptors (Lipinski definition) is 5. The van der Waals surface area contributed by atoms with Crippen molar-refractivity contribution in [2.75, 3.05) is 47.6 Å². The maximum absolute atomic E-state index is 11.9. The molecule has 0 radical (unpaired) electrons. The first-order chi connectivity index (χ1) is 9.52. The predicted octanol–water partition coefficient (Wildman–Crippen LogP) is -0.649. The zero-order valence-corrected chi connectivity index (χ0v) is 12.7. The molecule has 0 saturated carbocycles. The molecule has 0 aromatic carbocycles. The van der Waals surface area contributed by atoms with Crippen LogP contribution in [0.1, 0.15) is 19.3 Å². The Morgan fingerprint density at radius 2 is 1.80 bits per heavy atom. The Hall–Kier alpha value is -1.18. The molecule has 0 saturated heterocycles. The summed E-state index contributed by atoms with van der Waals surface area (Å²) in [4.78, 5) is 24.9. The van der Waals surface area contributed by atoms with Crippen molar-refractivity contribution in [3.8, 4) is 0 Å². The van der Waals surface area contributed by atoms with Crippen LogP contribution in [-0.4, -0.2) is 70.3 Å². The number of hydrogen-bond donors (Lipinski definition) is 2. The highest BCUT2D eigenvalue weighted by Gasteiger charge is 2.19. The summed E-state index contributed by atoms with van der Waals surface area (Å²) in [7, 11) is 4.79. The minimum atomic E-state index is -0.587. The van der Waals surface area contributed by atoms with Gasteiger partial charge in [-0.25, -0.2) is 0 Å². The quantitative estimate of drug-likeness (QED) is 0.493. The van der Waals surface area contributed by atoms with Gasteiger partial charge in [-0.05, 0) is 19.3 Å². The van der Waals surface area contributed by atoms with Crippen molar-refractivity contribution >= 4 is 11.8 Å². The number of carbonyl (C=O) groups excluding carboxylic acids is 2. The van der Waals surface area contributed by atoms with E-state index in [0.29, 0.717) is 26.2 Å². The van der Waals surface area contributed by atoms with E-state index in [1.165, 1.54) is 4.90 Å². The fraction of sp³-hybridized carbons (Fsp3) is 0.846. The van der Waals surface area contributed by atoms with Crippen LogP contribution in [-0.2, 0) is 19.1 Å². The van der Waals surface area contributed by atoms with E-state index in [0.717, 1.165) is 12.8 Å². The van der Waals surface area contributed by atoms with Crippen LogP contribution in [0.2, 0.25) is 0 Å². The molecule has 1 atom stereocenters. The van der Waals surface area contributed by atoms with Crippen LogP contribution in [0.15, 0.2) is 0 Å². The predicted molar refractivity (Wildman–Crippen MR) is 76.2 cm³/mol. The van der Waals surface area contributed by atoms with Gasteiger partial charge in [0.15, 0.2) is 0 Å². The Labute approximate surface area is 120 Å². The van der Waals surface area contributed by atoms with Gasteiger partial charge in [0, 0.05) is 41.0 Å². The number of nitrogens with two attached hydrogens (primary N) is 1. The number of amides is 2. The lowest BCUT2D eigenvalue weighted by atomic mass is 10.1. The second-order valence-corrected chi connectivity index (χ2v) is 4.63. The molecule has 1 unspecified atom stereocenters. The smallest absolute Gasteiger partial charge is 0.239 e. The molecule has 0 fully saturated rings. The van der Waals surface area contributed by atoms with Crippen LogP contribution in [0, 0.1) is 0 Å². The first kappa shape index (κ1) is 18.8. The molecule has 7 heteroatoms. The van der Waals surface area contributed by atoms with Gasteiger partial charge in [0.25, 0.3) is 0 Å². The van der Waals surface area contributed by atoms with Crippen molar-refractivity contribution in [2.24, 2.45) is 5.73 Å². The van der Waals surface area contributed by atoms with E-state index in [1.807, 2.05) is 0 Å². The molecule has 0 aliphatic rings. The third kappa shape index (κ3) is 8.84. The third-order valence-corrected chi connectivity index (χ3v) is 2.79. The molecule has 0 rings (SSSR count). The summed E-state index contributed by atoms with van der Waals surface area (Å²) in [5.74, 6) is -0.422. The van der Waals surface area contributed by atoms with E-state index in [2.05, 4.69) is 5.32 Å². The number of carbonyl (C=O) groups is 2. The van der Waals surface area contributed by atoms with E-state index in [1.54, 1.807) is 21.3 Å². The van der Waals surface area contributed by atoms with Gasteiger partial charge in [-0.1, -0.05) is 0 Å². The van der Waals surface area contributed by atoms with Gasteiger partial charge in [-0.2, -0.15) is 0 Å². The average molecular weight is 289 g/mol. The minimum absolute atomic E-state index is 0.0177. The molecule has 2 amide bonds. The Morgan fingerprint density at radius 1 is 1.20 bits per heavy atom. The summed E-state index contributed by atoms with van der Waals surface area (Å²) in [6, 6.07) is -0.587. The average Bonchev–Trinajstić information content (AvgIpc) is 2.42. The summed E-state index contributed by atoms with van der Waals surface area (Å²) >= 11 is 0. The van der Waals surface area contributed by atoms with Gasteiger partial charge in [0.05, 0.1) is 12.6 Å². The molecule has 0 spiro atoms. The highest BCUT2D eigenvalue weighted by Crippen LogP contribution is 1.99. The molecule has 0 aromatic rings. The fourth-order valence-electron chi connectivity index (χ4n) is 1.65. The van der Waals surface area contributed by atoms with E-state index < -0.39 is 6.04 Å². The minimum Gasteiger partial charge on any atom is -0.385 e. The van der Waals surface area contributed by atoms with Crippen LogP contribution in [0.4, 0.5) is 0 Å². The maximum atomic E-state index is 11.9. The van der Waals surface area contributed by atoms with Crippen LogP contribution in [0.5, 0.6) is 0 Å². The lowest BCUT2D eigenvalue weighted by Crippen LogP contribution is -2.46. The molecule has 0 aliphatic carbocycles. The summed E-state index contributed by atoms with van der Waals surface area (Å²) in [5.41, 5.74) is 5.78. The van der Waals surface area contributed by atoms with Crippen molar-refractivity contribution in [3.63, 3.8) is 0 Å². The van der Waals surface area contributed by atoms with Crippen LogP contribution in [0.25, 0.3) is 0 Å². The number of ether oxygens (including phenoxy) is 2. The largest absolute Gasteiger partial charge is 0.385 e. The molecule has 0 heterocycles. The number of likely N-dealkylation sites (N-methyl/N-ethyl adjacent to an activating group) is 1. The standard InChI is InChI=1S/C13H27N3O4/c1-16(10-12(17)15-7-5-9-20-3)13(18)11(14)6-4-8-19-2/h11H,4-10,14H2,1-3H3,(H,15,17). The highest BCUT2D eigenvalue weighted by atomic mass is 16.5. The lowest BCUT2D eigenvalue weighted by molar-refractivity contribution is -0.135. The van der Waals surface area contributed by atoms with Crippen molar-refractivity contribution in [1.82, 2.24) is 10.2 Å². The fourth-order valence-corrected chi connectivity index (χ4v) is 1.65. The normalized spacial score (nSPS) is 12.0. The number of rotatable bonds is 11. The molecule has 0 bridgehead atoms. The van der Waals surface area contributed by atoms with Crippen molar-refractivity contribution in [1.29, 1.82) is 0 Å². The molecular formula is C13H27N3O4. The first-order valence-corrected chi connectivity index (χ1v) is 6.78. The second kappa shape index (κ2) is 11.6. The summed E-state index contributed by atoms with van der Waals surface area (Å²) < 4.78 is 9.78. The van der Waals surface area contributed by atoms with Gasteiger partial charge in [0.2, 0.25) is 11.8 Å². The molecule has 7 nitrogen and oxygen atoms in total. The van der Waals surface area contributed by atoms with E-state index >= 15 is 0 Å². The number of nitrogens with one attached hydrogen (secondary N) is 1. The SMILES string of the molecule is COCCCNC(=O)CN(C)C(=O)C(N)CCCOC.